The van der Waals surface area contributed by atoms with E-state index in [9.17, 15) is 8.42 Å². The summed E-state index contributed by atoms with van der Waals surface area (Å²) in [5, 5.41) is 8.18. The highest BCUT2D eigenvalue weighted by Gasteiger charge is 2.15. The third-order valence-electron chi connectivity index (χ3n) is 1.62. The first-order valence-corrected chi connectivity index (χ1v) is 5.41. The molecule has 1 unspecified atom stereocenters. The fraction of sp³-hybridized carbons (Fsp3) is 0.857. The lowest BCUT2D eigenvalue weighted by molar-refractivity contribution is 0.478. The van der Waals surface area contributed by atoms with Gasteiger partial charge >= 0.3 is 0 Å². The van der Waals surface area contributed by atoms with Crippen LogP contribution in [0.5, 0.6) is 0 Å². The van der Waals surface area contributed by atoms with Crippen LogP contribution in [-0.2, 0) is 10.0 Å². The van der Waals surface area contributed by atoms with Crippen molar-refractivity contribution in [3.63, 3.8) is 0 Å². The van der Waals surface area contributed by atoms with E-state index >= 15 is 0 Å². The maximum Gasteiger partial charge on any atom is 0.225 e. The zero-order valence-electron chi connectivity index (χ0n) is 7.53. The molecule has 0 saturated carbocycles. The molecular formula is C7H14N2O2S. The number of hydrogen-bond acceptors (Lipinski definition) is 3. The zero-order chi connectivity index (χ0) is 9.78. The molecule has 0 aromatic rings. The third-order valence-corrected chi connectivity index (χ3v) is 2.86. The molecule has 0 aromatic carbocycles. The van der Waals surface area contributed by atoms with E-state index in [1.54, 1.807) is 13.0 Å². The van der Waals surface area contributed by atoms with Gasteiger partial charge in [0.15, 0.2) is 5.75 Å². The Morgan fingerprint density at radius 2 is 1.92 bits per heavy atom. The maximum atomic E-state index is 11.0. The number of nitriles is 1. The van der Waals surface area contributed by atoms with Crippen LogP contribution in [0.1, 0.15) is 20.8 Å². The summed E-state index contributed by atoms with van der Waals surface area (Å²) in [6.07, 6.45) is 0. The van der Waals surface area contributed by atoms with Crippen LogP contribution in [0.3, 0.4) is 0 Å². The van der Waals surface area contributed by atoms with Crippen molar-refractivity contribution in [2.45, 2.75) is 26.8 Å². The molecule has 1 atom stereocenters. The van der Waals surface area contributed by atoms with Gasteiger partial charge in [-0.3, -0.25) is 0 Å². The Bertz CT molecular complexity index is 264. The lowest BCUT2D eigenvalue weighted by Gasteiger charge is -2.15. The fourth-order valence-electron chi connectivity index (χ4n) is 0.546. The van der Waals surface area contributed by atoms with Gasteiger partial charge in [0.05, 0.1) is 6.07 Å². The topological polar surface area (TPSA) is 70.0 Å². The Morgan fingerprint density at radius 1 is 1.42 bits per heavy atom. The van der Waals surface area contributed by atoms with Crippen LogP contribution in [0.4, 0.5) is 0 Å². The molecule has 4 nitrogen and oxygen atoms in total. The lowest BCUT2D eigenvalue weighted by Crippen LogP contribution is -2.37. The van der Waals surface area contributed by atoms with Gasteiger partial charge in [0.25, 0.3) is 0 Å². The molecule has 0 aliphatic heterocycles. The van der Waals surface area contributed by atoms with Crippen molar-refractivity contribution in [1.29, 1.82) is 5.26 Å². The first-order chi connectivity index (χ1) is 5.39. The van der Waals surface area contributed by atoms with E-state index in [4.69, 9.17) is 5.26 Å². The Kier molecular flexibility index (Phi) is 4.21. The van der Waals surface area contributed by atoms with E-state index in [-0.39, 0.29) is 12.0 Å². The van der Waals surface area contributed by atoms with E-state index in [0.717, 1.165) is 0 Å². The third kappa shape index (κ3) is 4.31. The van der Waals surface area contributed by atoms with Gasteiger partial charge in [0.1, 0.15) is 0 Å². The first-order valence-electron chi connectivity index (χ1n) is 3.76. The molecule has 70 valence electrons. The quantitative estimate of drug-likeness (QED) is 0.700. The summed E-state index contributed by atoms with van der Waals surface area (Å²) in [6.45, 7) is 5.61. The Labute approximate surface area is 73.6 Å². The molecule has 0 spiro atoms. The molecule has 12 heavy (non-hydrogen) atoms. The van der Waals surface area contributed by atoms with Crippen LogP contribution < -0.4 is 4.72 Å². The molecular weight excluding hydrogens is 176 g/mol. The Morgan fingerprint density at radius 3 is 2.25 bits per heavy atom. The van der Waals surface area contributed by atoms with Crippen molar-refractivity contribution >= 4 is 10.0 Å². The van der Waals surface area contributed by atoms with E-state index in [1.807, 2.05) is 13.8 Å². The predicted octanol–water partition coefficient (Wildman–Crippen LogP) is 0.474. The minimum absolute atomic E-state index is 0.122. The van der Waals surface area contributed by atoms with Crippen molar-refractivity contribution in [1.82, 2.24) is 4.72 Å². The molecule has 0 aromatic heterocycles. The van der Waals surface area contributed by atoms with E-state index in [1.165, 1.54) is 0 Å². The highest BCUT2D eigenvalue weighted by molar-refractivity contribution is 7.89. The first kappa shape index (κ1) is 11.4. The maximum absolute atomic E-state index is 11.0. The summed E-state index contributed by atoms with van der Waals surface area (Å²) < 4.78 is 24.4. The fourth-order valence-corrected chi connectivity index (χ4v) is 1.64. The van der Waals surface area contributed by atoms with Crippen LogP contribution in [0.25, 0.3) is 0 Å². The monoisotopic (exact) mass is 190 g/mol. The van der Waals surface area contributed by atoms with Gasteiger partial charge in [-0.2, -0.15) is 5.26 Å². The van der Waals surface area contributed by atoms with Crippen molar-refractivity contribution < 1.29 is 8.42 Å². The zero-order valence-corrected chi connectivity index (χ0v) is 8.35. The van der Waals surface area contributed by atoms with Crippen molar-refractivity contribution in [3.8, 4) is 6.07 Å². The molecule has 1 N–H and O–H groups in total. The van der Waals surface area contributed by atoms with Crippen LogP contribution in [0.15, 0.2) is 0 Å². The second kappa shape index (κ2) is 4.43. The molecule has 5 heteroatoms. The second-order valence-electron chi connectivity index (χ2n) is 3.07. The molecule has 0 heterocycles. The Hall–Kier alpha value is -0.600. The SMILES string of the molecule is CC(C)C(C)NS(=O)(=O)CC#N. The molecule has 0 radical (unpaired) electrons. The number of rotatable bonds is 4. The van der Waals surface area contributed by atoms with Gasteiger partial charge in [0.2, 0.25) is 10.0 Å². The summed E-state index contributed by atoms with van der Waals surface area (Å²) in [4.78, 5) is 0. The second-order valence-corrected chi connectivity index (χ2v) is 4.82. The minimum atomic E-state index is -3.39. The van der Waals surface area contributed by atoms with Gasteiger partial charge in [-0.1, -0.05) is 13.8 Å². The minimum Gasteiger partial charge on any atom is -0.211 e. The summed E-state index contributed by atoms with van der Waals surface area (Å²) in [6, 6.07) is 1.48. The van der Waals surface area contributed by atoms with E-state index < -0.39 is 15.8 Å². The molecule has 0 amide bonds. The standard InChI is InChI=1S/C7H14N2O2S/c1-6(2)7(3)9-12(10,11)5-4-8/h6-7,9H,5H2,1-3H3. The van der Waals surface area contributed by atoms with Gasteiger partial charge in [-0.15, -0.1) is 0 Å². The van der Waals surface area contributed by atoms with E-state index in [0.29, 0.717) is 0 Å². The van der Waals surface area contributed by atoms with Crippen molar-refractivity contribution in [2.75, 3.05) is 5.75 Å². The smallest absolute Gasteiger partial charge is 0.211 e. The van der Waals surface area contributed by atoms with E-state index in [2.05, 4.69) is 4.72 Å². The molecule has 0 rings (SSSR count). The molecule has 0 aliphatic rings. The van der Waals surface area contributed by atoms with Crippen LogP contribution >= 0.6 is 0 Å². The average Bonchev–Trinajstić information content (AvgIpc) is 1.85. The lowest BCUT2D eigenvalue weighted by atomic mass is 10.1. The normalized spacial score (nSPS) is 14.2. The van der Waals surface area contributed by atoms with Gasteiger partial charge in [-0.25, -0.2) is 13.1 Å². The molecule has 0 saturated heterocycles. The number of sulfonamides is 1. The van der Waals surface area contributed by atoms with Gasteiger partial charge in [-0.05, 0) is 12.8 Å². The predicted molar refractivity (Wildman–Crippen MR) is 46.8 cm³/mol. The van der Waals surface area contributed by atoms with Crippen molar-refractivity contribution in [2.24, 2.45) is 5.92 Å². The largest absolute Gasteiger partial charge is 0.225 e. The highest BCUT2D eigenvalue weighted by Crippen LogP contribution is 2.01. The summed E-state index contributed by atoms with van der Waals surface area (Å²) in [5.41, 5.74) is 0. The van der Waals surface area contributed by atoms with Gasteiger partial charge < -0.3 is 0 Å². The summed E-state index contributed by atoms with van der Waals surface area (Å²) in [7, 11) is -3.39. The number of nitrogens with one attached hydrogen (secondary N) is 1. The summed E-state index contributed by atoms with van der Waals surface area (Å²) >= 11 is 0. The highest BCUT2D eigenvalue weighted by atomic mass is 32.2. The molecule has 0 aliphatic carbocycles. The summed E-state index contributed by atoms with van der Waals surface area (Å²) in [5.74, 6) is -0.234. The molecule has 0 bridgehead atoms. The van der Waals surface area contributed by atoms with Crippen LogP contribution in [-0.4, -0.2) is 20.2 Å². The average molecular weight is 190 g/mol. The molecule has 0 fully saturated rings. The Balaban J connectivity index is 4.18. The number of hydrogen-bond donors (Lipinski definition) is 1. The van der Waals surface area contributed by atoms with Crippen LogP contribution in [0.2, 0.25) is 0 Å². The van der Waals surface area contributed by atoms with Crippen molar-refractivity contribution in [3.05, 3.63) is 0 Å². The van der Waals surface area contributed by atoms with Gasteiger partial charge in [0, 0.05) is 6.04 Å². The number of nitrogens with zero attached hydrogens (tertiary/aromatic N) is 1. The van der Waals surface area contributed by atoms with Crippen LogP contribution in [0, 0.1) is 17.2 Å².